The number of aliphatic imine (C=N–C) groups is 1. The minimum absolute atomic E-state index is 0.603. The van der Waals surface area contributed by atoms with Crippen molar-refractivity contribution in [3.8, 4) is 0 Å². The van der Waals surface area contributed by atoms with Crippen LogP contribution in [0.1, 0.15) is 10.6 Å². The van der Waals surface area contributed by atoms with Crippen molar-refractivity contribution in [1.29, 1.82) is 0 Å². The van der Waals surface area contributed by atoms with E-state index in [9.17, 15) is 0 Å². The molecule has 0 saturated carbocycles. The third-order valence-corrected chi connectivity index (χ3v) is 3.69. The molecule has 0 bridgehead atoms. The first-order valence-electron chi connectivity index (χ1n) is 5.90. The molecule has 3 rings (SSSR count). The van der Waals surface area contributed by atoms with Gasteiger partial charge in [-0.3, -0.25) is 4.68 Å². The van der Waals surface area contributed by atoms with Crippen molar-refractivity contribution in [1.82, 2.24) is 20.0 Å². The maximum atomic E-state index is 6.06. The first kappa shape index (κ1) is 13.0. The van der Waals surface area contributed by atoms with Crippen molar-refractivity contribution in [2.75, 3.05) is 0 Å². The third kappa shape index (κ3) is 3.09. The first-order chi connectivity index (χ1) is 9.81. The predicted octanol–water partition coefficient (Wildman–Crippen LogP) is 3.19. The van der Waals surface area contributed by atoms with Crippen molar-refractivity contribution in [3.63, 3.8) is 0 Å². The zero-order valence-corrected chi connectivity index (χ0v) is 11.9. The quantitative estimate of drug-likeness (QED) is 0.696. The van der Waals surface area contributed by atoms with E-state index >= 15 is 0 Å². The van der Waals surface area contributed by atoms with Gasteiger partial charge in [0.1, 0.15) is 5.01 Å². The molecule has 2 heterocycles. The molecule has 2 aromatic heterocycles. The second kappa shape index (κ2) is 5.94. The van der Waals surface area contributed by atoms with Gasteiger partial charge in [0.15, 0.2) is 0 Å². The second-order valence-electron chi connectivity index (χ2n) is 3.96. The average molecular weight is 304 g/mol. The molecule has 0 spiro atoms. The molecule has 1 aromatic carbocycles. The normalized spacial score (nSPS) is 11.2. The summed E-state index contributed by atoms with van der Waals surface area (Å²) >= 11 is 7.49. The van der Waals surface area contributed by atoms with Crippen LogP contribution in [0.4, 0.5) is 5.13 Å². The topological polar surface area (TPSA) is 56.0 Å². The van der Waals surface area contributed by atoms with Crippen LogP contribution in [-0.2, 0) is 6.54 Å². The Morgan fingerprint density at radius 2 is 2.15 bits per heavy atom. The number of aromatic nitrogens is 4. The molecule has 7 heteroatoms. The highest BCUT2D eigenvalue weighted by Crippen LogP contribution is 2.20. The van der Waals surface area contributed by atoms with Crippen molar-refractivity contribution in [2.24, 2.45) is 4.99 Å². The molecule has 0 aliphatic heterocycles. The summed E-state index contributed by atoms with van der Waals surface area (Å²) in [5, 5.41) is 14.4. The lowest BCUT2D eigenvalue weighted by atomic mass is 10.2. The van der Waals surface area contributed by atoms with Crippen LogP contribution >= 0.6 is 22.9 Å². The zero-order valence-electron chi connectivity index (χ0n) is 10.3. The van der Waals surface area contributed by atoms with E-state index in [4.69, 9.17) is 11.6 Å². The maximum absolute atomic E-state index is 6.06. The van der Waals surface area contributed by atoms with Crippen LogP contribution in [0, 0.1) is 0 Å². The number of rotatable bonds is 4. The van der Waals surface area contributed by atoms with E-state index in [1.54, 1.807) is 17.1 Å². The third-order valence-electron chi connectivity index (χ3n) is 2.53. The van der Waals surface area contributed by atoms with Gasteiger partial charge in [0, 0.05) is 29.2 Å². The van der Waals surface area contributed by atoms with E-state index in [1.807, 2.05) is 36.5 Å². The van der Waals surface area contributed by atoms with E-state index in [1.165, 1.54) is 11.3 Å². The fourth-order valence-electron chi connectivity index (χ4n) is 1.60. The molecular weight excluding hydrogens is 294 g/mol. The van der Waals surface area contributed by atoms with Crippen LogP contribution in [-0.4, -0.2) is 26.2 Å². The Bertz CT molecular complexity index is 720. The molecule has 0 atom stereocenters. The number of hydrogen-bond donors (Lipinski definition) is 0. The van der Waals surface area contributed by atoms with Gasteiger partial charge in [-0.15, -0.1) is 10.2 Å². The van der Waals surface area contributed by atoms with Gasteiger partial charge in [-0.2, -0.15) is 5.10 Å². The van der Waals surface area contributed by atoms with E-state index < -0.39 is 0 Å². The lowest BCUT2D eigenvalue weighted by Crippen LogP contribution is -1.98. The van der Waals surface area contributed by atoms with E-state index in [2.05, 4.69) is 20.3 Å². The molecule has 0 saturated heterocycles. The summed E-state index contributed by atoms with van der Waals surface area (Å²) in [7, 11) is 0. The van der Waals surface area contributed by atoms with Crippen molar-refractivity contribution in [2.45, 2.75) is 6.54 Å². The predicted molar refractivity (Wildman–Crippen MR) is 79.9 cm³/mol. The van der Waals surface area contributed by atoms with Gasteiger partial charge in [0.05, 0.1) is 6.54 Å². The van der Waals surface area contributed by atoms with Crippen LogP contribution in [0.3, 0.4) is 0 Å². The molecule has 0 fully saturated rings. The Kier molecular flexibility index (Phi) is 3.85. The molecule has 20 heavy (non-hydrogen) atoms. The fraction of sp³-hybridized carbons (Fsp3) is 0.0769. The van der Waals surface area contributed by atoms with Gasteiger partial charge in [-0.25, -0.2) is 4.99 Å². The fourth-order valence-corrected chi connectivity index (χ4v) is 2.46. The summed E-state index contributed by atoms with van der Waals surface area (Å²) in [6.45, 7) is 0.603. The minimum Gasteiger partial charge on any atom is -0.266 e. The molecule has 5 nitrogen and oxygen atoms in total. The number of nitrogens with zero attached hydrogens (tertiary/aromatic N) is 5. The number of benzene rings is 1. The second-order valence-corrected chi connectivity index (χ2v) is 5.41. The molecule has 100 valence electrons. The summed E-state index contributed by atoms with van der Waals surface area (Å²) in [6.07, 6.45) is 5.31. The highest BCUT2D eigenvalue weighted by atomic mass is 35.5. The van der Waals surface area contributed by atoms with Crippen LogP contribution in [0.5, 0.6) is 0 Å². The number of hydrogen-bond acceptors (Lipinski definition) is 5. The maximum Gasteiger partial charge on any atom is 0.231 e. The van der Waals surface area contributed by atoms with Crippen molar-refractivity contribution >= 4 is 34.3 Å². The highest BCUT2D eigenvalue weighted by molar-refractivity contribution is 7.14. The van der Waals surface area contributed by atoms with Crippen molar-refractivity contribution < 1.29 is 0 Å². The average Bonchev–Trinajstić information content (AvgIpc) is 3.10. The van der Waals surface area contributed by atoms with Gasteiger partial charge in [0.2, 0.25) is 5.13 Å². The standard InChI is InChI=1S/C13H10ClN5S/c14-11-5-2-1-4-10(11)8-15-13-18-17-12(20-13)9-19-7-3-6-16-19/h1-8H,9H2/b15-8+. The molecule has 0 aliphatic rings. The molecular formula is C13H10ClN5S. The molecule has 0 amide bonds. The Morgan fingerprint density at radius 1 is 1.25 bits per heavy atom. The lowest BCUT2D eigenvalue weighted by Gasteiger charge is -1.94. The van der Waals surface area contributed by atoms with Crippen molar-refractivity contribution in [3.05, 3.63) is 58.3 Å². The molecule has 0 N–H and O–H groups in total. The smallest absolute Gasteiger partial charge is 0.231 e. The van der Waals surface area contributed by atoms with Gasteiger partial charge < -0.3 is 0 Å². The largest absolute Gasteiger partial charge is 0.266 e. The van der Waals surface area contributed by atoms with Gasteiger partial charge >= 0.3 is 0 Å². The number of halogens is 1. The van der Waals surface area contributed by atoms with Gasteiger partial charge in [-0.1, -0.05) is 41.1 Å². The van der Waals surface area contributed by atoms with Crippen LogP contribution in [0.25, 0.3) is 0 Å². The first-order valence-corrected chi connectivity index (χ1v) is 7.09. The lowest BCUT2D eigenvalue weighted by molar-refractivity contribution is 0.677. The monoisotopic (exact) mass is 303 g/mol. The Labute approximate surface area is 124 Å². The van der Waals surface area contributed by atoms with Crippen LogP contribution in [0.2, 0.25) is 5.02 Å². The SMILES string of the molecule is Clc1ccccc1/C=N/c1nnc(Cn2cccn2)s1. The van der Waals surface area contributed by atoms with Gasteiger partial charge in [-0.05, 0) is 12.1 Å². The van der Waals surface area contributed by atoms with E-state index in [0.717, 1.165) is 10.6 Å². The van der Waals surface area contributed by atoms with E-state index in [-0.39, 0.29) is 0 Å². The Morgan fingerprint density at radius 3 is 2.95 bits per heavy atom. The summed E-state index contributed by atoms with van der Waals surface area (Å²) in [4.78, 5) is 4.29. The zero-order chi connectivity index (χ0) is 13.8. The summed E-state index contributed by atoms with van der Waals surface area (Å²) in [5.41, 5.74) is 0.859. The minimum atomic E-state index is 0.603. The Hall–Kier alpha value is -2.05. The molecule has 0 unspecified atom stereocenters. The highest BCUT2D eigenvalue weighted by Gasteiger charge is 2.04. The molecule has 0 aliphatic carbocycles. The van der Waals surface area contributed by atoms with Gasteiger partial charge in [0.25, 0.3) is 0 Å². The molecule has 0 radical (unpaired) electrons. The van der Waals surface area contributed by atoms with Crippen LogP contribution < -0.4 is 0 Å². The summed E-state index contributed by atoms with van der Waals surface area (Å²) in [6, 6.07) is 9.39. The summed E-state index contributed by atoms with van der Waals surface area (Å²) in [5.74, 6) is 0. The van der Waals surface area contributed by atoms with E-state index in [0.29, 0.717) is 16.7 Å². The molecule has 3 aromatic rings. The summed E-state index contributed by atoms with van der Waals surface area (Å²) < 4.78 is 1.79. The Balaban J connectivity index is 1.73. The van der Waals surface area contributed by atoms with Crippen LogP contribution in [0.15, 0.2) is 47.7 Å².